The lowest BCUT2D eigenvalue weighted by atomic mass is 10.00. The Morgan fingerprint density at radius 1 is 0.516 bits per heavy atom. The van der Waals surface area contributed by atoms with Crippen LogP contribution in [0.5, 0.6) is 0 Å². The van der Waals surface area contributed by atoms with Crippen LogP contribution in [0.2, 0.25) is 5.28 Å². The zero-order valence-electron chi connectivity index (χ0n) is 74.3. The number of nitrogen functional groups attached to an aromatic ring is 1. The van der Waals surface area contributed by atoms with E-state index in [1.807, 2.05) is 72.5 Å². The van der Waals surface area contributed by atoms with Crippen molar-refractivity contribution >= 4 is 97.9 Å². The molecule has 2 atom stereocenters. The third kappa shape index (κ3) is 24.9. The summed E-state index contributed by atoms with van der Waals surface area (Å²) in [7, 11) is 4.82. The second-order valence-corrected chi connectivity index (χ2v) is 33.0. The number of nitrogens with zero attached hydrogens (tertiary/aromatic N) is 14. The van der Waals surface area contributed by atoms with Crippen molar-refractivity contribution in [1.29, 1.82) is 0 Å². The summed E-state index contributed by atoms with van der Waals surface area (Å²) >= 11 is 5.81. The normalized spacial score (nSPS) is 18.6. The van der Waals surface area contributed by atoms with E-state index in [9.17, 15) is 39.6 Å². The van der Waals surface area contributed by atoms with Crippen LogP contribution in [0.1, 0.15) is 86.0 Å². The number of morpholine rings is 6. The number of aliphatic hydroxyl groups excluding tert-OH is 6. The highest BCUT2D eigenvalue weighted by molar-refractivity contribution is 6.28. The molecule has 13 heterocycles. The summed E-state index contributed by atoms with van der Waals surface area (Å²) in [6, 6.07) is 33.7. The predicted molar refractivity (Wildman–Crippen MR) is 483 cm³/mol. The first kappa shape index (κ1) is 98.1. The summed E-state index contributed by atoms with van der Waals surface area (Å²) in [6.07, 6.45) is 0.681. The molecule has 128 heavy (non-hydrogen) atoms. The molecule has 7 aliphatic rings. The monoisotopic (exact) mass is 1790 g/mol. The van der Waals surface area contributed by atoms with Gasteiger partial charge in [0.15, 0.2) is 16.9 Å². The fourth-order valence-electron chi connectivity index (χ4n) is 14.7. The number of fused-ring (bicyclic) bond motifs is 3. The minimum absolute atomic E-state index is 0.0498. The second kappa shape index (κ2) is 45.7. The highest BCUT2D eigenvalue weighted by Crippen LogP contribution is 2.37. The molecule has 16 rings (SSSR count). The molecule has 0 saturated carbocycles. The first-order chi connectivity index (χ1) is 61.7. The van der Waals surface area contributed by atoms with Crippen molar-refractivity contribution in [2.45, 2.75) is 95.0 Å². The summed E-state index contributed by atoms with van der Waals surface area (Å²) in [5.41, 5.74) is 9.89. The lowest BCUT2D eigenvalue weighted by molar-refractivity contribution is -0.212. The predicted octanol–water partition coefficient (Wildman–Crippen LogP) is 4.75. The van der Waals surface area contributed by atoms with Crippen LogP contribution in [0, 0.1) is 0 Å². The van der Waals surface area contributed by atoms with E-state index in [4.69, 9.17) is 100 Å². The number of carbonyl (C=O) groups is 4. The molecule has 692 valence electrons. The zero-order chi connectivity index (χ0) is 91.8. The van der Waals surface area contributed by atoms with E-state index in [0.29, 0.717) is 161 Å². The van der Waals surface area contributed by atoms with Crippen molar-refractivity contribution in [2.24, 2.45) is 0 Å². The minimum atomic E-state index is -1.08. The molecule has 0 aliphatic carbocycles. The number of hydrogen-bond acceptors (Lipinski definition) is 34. The maximum Gasteiger partial charge on any atom is 0.410 e. The summed E-state index contributed by atoms with van der Waals surface area (Å²) in [5.74, 6) is 2.57. The fraction of sp³-hybridized carbons (Fsp3) is 0.517. The van der Waals surface area contributed by atoms with E-state index in [1.165, 1.54) is 4.90 Å². The number of amides is 4. The van der Waals surface area contributed by atoms with Gasteiger partial charge in [0.2, 0.25) is 17.2 Å². The van der Waals surface area contributed by atoms with Crippen LogP contribution in [0.4, 0.5) is 34.1 Å². The Kier molecular flexibility index (Phi) is 35.0. The van der Waals surface area contributed by atoms with Crippen LogP contribution in [0.25, 0.3) is 66.9 Å². The van der Waals surface area contributed by atoms with Crippen LogP contribution < -0.4 is 46.6 Å². The molecular formula is C89H120ClN19O19. The Morgan fingerprint density at radius 3 is 1.35 bits per heavy atom. The van der Waals surface area contributed by atoms with E-state index >= 15 is 0 Å². The van der Waals surface area contributed by atoms with Gasteiger partial charge >= 0.3 is 6.09 Å². The number of rotatable bonds is 19. The zero-order valence-corrected chi connectivity index (χ0v) is 75.0. The SMILES string of the molecule is CC(C)(C)OC(=O)N1CCOC(CO)(CO)C1.CCCOCC.CNC(=O)c1cccc(-c2ccc3c(N)nc(Cl)nc3n2)c1.CNC(=O)c1cccc(-c2ccc3c(N4CCOC[C@@H]4C)nc(N4CCOC(CO)(CO)C4)nc3n2)c1.CNC(=O)c1cccc(-c2ccc3c(N4CCOC[C@@H]4C)nc(N4CCOC5(COC5)C4)nc3n2)c1.OCC1(CO)CNCCO1. The number of aliphatic hydroxyl groups is 6. The standard InChI is InChI=1S/C26H32N6O5.C26H30N6O4.C15H12ClN5O.C11H21NO5.C6H13NO3.C5H12O/c1-17-13-36-10-9-32(17)23-20-6-7-21(18-4-3-5-19(12-18)24(35)27-2)28-22(20)29-25(30-23)31-8-11-37-26(14-31,15-33)16-34;1-17-13-34-10-9-32(17)23-20-6-7-21(18-4-3-5-19(12-18)24(33)27-2)28-22(20)29-25(30-23)31-8-11-36-26(14-31)15-35-16-26;1-18-14(22)9-4-2-3-8(7-9)11-6-5-10-12(17)20-15(16)21-13(10)19-11;1-10(2,3)17-9(15)12-4-5-16-11(6-12,7-13)8-14;8-4-6(5-9)3-7-1-2-10-6;1-3-5-6-4-2/h3-7,12,17,33-34H,8-11,13-16H2,1-2H3,(H,27,35);3-7,12,17H,8-11,13-16H2,1-2H3,(H,27,33);2-7H,1H3,(H,18,22)(H2,17,19,20,21);13-14H,4-8H2,1-3H3;7-9H,1-5H2;3-5H2,1-2H3/t2*17-;;;;/m00..../s1. The molecule has 38 nitrogen and oxygen atoms in total. The molecule has 9 aromatic rings. The Hall–Kier alpha value is -10.5. The van der Waals surface area contributed by atoms with Gasteiger partial charge in [0.05, 0.1) is 171 Å². The van der Waals surface area contributed by atoms with E-state index in [1.54, 1.807) is 90.4 Å². The highest BCUT2D eigenvalue weighted by Gasteiger charge is 2.46. The number of benzene rings is 3. The highest BCUT2D eigenvalue weighted by atomic mass is 35.5. The first-order valence-corrected chi connectivity index (χ1v) is 43.2. The molecule has 0 bridgehead atoms. The largest absolute Gasteiger partial charge is 0.444 e. The molecule has 1 spiro atoms. The molecule has 4 amide bonds. The summed E-state index contributed by atoms with van der Waals surface area (Å²) in [5, 5.41) is 69.2. The third-order valence-electron chi connectivity index (χ3n) is 21.9. The number of halogens is 1. The van der Waals surface area contributed by atoms with E-state index < -0.39 is 28.5 Å². The van der Waals surface area contributed by atoms with E-state index in [-0.39, 0.29) is 106 Å². The number of hydrogen-bond donors (Lipinski definition) is 11. The van der Waals surface area contributed by atoms with Crippen LogP contribution >= 0.6 is 11.6 Å². The molecule has 6 aromatic heterocycles. The lowest BCUT2D eigenvalue weighted by Crippen LogP contribution is -2.63. The molecule has 12 N–H and O–H groups in total. The van der Waals surface area contributed by atoms with Crippen molar-refractivity contribution in [1.82, 2.24) is 71.0 Å². The molecule has 7 saturated heterocycles. The smallest absolute Gasteiger partial charge is 0.410 e. The minimum Gasteiger partial charge on any atom is -0.444 e. The number of anilines is 5. The summed E-state index contributed by atoms with van der Waals surface area (Å²) < 4.78 is 49.3. The van der Waals surface area contributed by atoms with Crippen molar-refractivity contribution in [3.8, 4) is 33.8 Å². The van der Waals surface area contributed by atoms with Crippen molar-refractivity contribution in [2.75, 3.05) is 231 Å². The van der Waals surface area contributed by atoms with Gasteiger partial charge in [-0.1, -0.05) is 43.3 Å². The number of carbonyl (C=O) groups excluding carboxylic acids is 4. The average Bonchev–Trinajstić information content (AvgIpc) is 0.757. The van der Waals surface area contributed by atoms with Gasteiger partial charge in [0.1, 0.15) is 45.5 Å². The van der Waals surface area contributed by atoms with Crippen LogP contribution in [0.15, 0.2) is 109 Å². The Balaban J connectivity index is 0.000000161. The van der Waals surface area contributed by atoms with Crippen LogP contribution in [0.3, 0.4) is 0 Å². The van der Waals surface area contributed by atoms with Gasteiger partial charge in [-0.05, 0) is 132 Å². The Bertz CT molecular complexity index is 5190. The molecule has 7 aliphatic heterocycles. The number of aromatic nitrogens is 9. The van der Waals surface area contributed by atoms with Crippen molar-refractivity contribution < 1.29 is 92.4 Å². The van der Waals surface area contributed by atoms with Crippen LogP contribution in [-0.4, -0.2) is 350 Å². The van der Waals surface area contributed by atoms with E-state index in [0.717, 1.165) is 77.5 Å². The first-order valence-electron chi connectivity index (χ1n) is 42.9. The molecule has 0 unspecified atom stereocenters. The van der Waals surface area contributed by atoms with Gasteiger partial charge < -0.3 is 125 Å². The maximum atomic E-state index is 12.2. The van der Waals surface area contributed by atoms with Crippen molar-refractivity contribution in [3.05, 3.63) is 131 Å². The number of ether oxygens (including phenoxy) is 9. The third-order valence-corrected chi connectivity index (χ3v) is 22.1. The van der Waals surface area contributed by atoms with E-state index in [2.05, 4.69) is 71.7 Å². The van der Waals surface area contributed by atoms with Gasteiger partial charge in [-0.15, -0.1) is 0 Å². The number of pyridine rings is 3. The molecular weight excluding hydrogens is 1670 g/mol. The van der Waals surface area contributed by atoms with Gasteiger partial charge in [-0.3, -0.25) is 14.4 Å². The van der Waals surface area contributed by atoms with Crippen molar-refractivity contribution in [3.63, 3.8) is 0 Å². The second-order valence-electron chi connectivity index (χ2n) is 32.7. The average molecular weight is 1800 g/mol. The van der Waals surface area contributed by atoms with Gasteiger partial charge in [0, 0.05) is 114 Å². The molecule has 7 fully saturated rings. The Morgan fingerprint density at radius 2 is 0.953 bits per heavy atom. The van der Waals surface area contributed by atoms with Gasteiger partial charge in [-0.2, -0.15) is 24.9 Å². The number of nitrogens with one attached hydrogen (secondary N) is 4. The van der Waals surface area contributed by atoms with Gasteiger partial charge in [-0.25, -0.2) is 24.7 Å². The molecule has 0 radical (unpaired) electrons. The topological polar surface area (TPSA) is 479 Å². The quantitative estimate of drug-likeness (QED) is 0.0384. The molecule has 39 heteroatoms. The Labute approximate surface area is 748 Å². The van der Waals surface area contributed by atoms with Crippen LogP contribution in [-0.2, 0) is 42.6 Å². The number of nitrogens with two attached hydrogens (primary N) is 1. The summed E-state index contributed by atoms with van der Waals surface area (Å²) in [6.45, 7) is 24.8. The summed E-state index contributed by atoms with van der Waals surface area (Å²) in [4.78, 5) is 99.9. The molecule has 3 aromatic carbocycles. The lowest BCUT2D eigenvalue weighted by Gasteiger charge is -2.47. The maximum absolute atomic E-state index is 12.2. The van der Waals surface area contributed by atoms with Gasteiger partial charge in [0.25, 0.3) is 17.7 Å². The fourth-order valence-corrected chi connectivity index (χ4v) is 14.9.